The van der Waals surface area contributed by atoms with E-state index < -0.39 is 0 Å². The summed E-state index contributed by atoms with van der Waals surface area (Å²) >= 11 is 5.94. The summed E-state index contributed by atoms with van der Waals surface area (Å²) in [5, 5.41) is 13.0. The van der Waals surface area contributed by atoms with Gasteiger partial charge in [0.25, 0.3) is 0 Å². The van der Waals surface area contributed by atoms with Crippen molar-refractivity contribution in [1.29, 1.82) is 5.26 Å². The largest absolute Gasteiger partial charge is 0.382 e. The predicted octanol–water partition coefficient (Wildman–Crippen LogP) is 3.97. The Bertz CT molecular complexity index is 497. The van der Waals surface area contributed by atoms with Crippen LogP contribution in [-0.2, 0) is 4.74 Å². The van der Waals surface area contributed by atoms with Crippen molar-refractivity contribution < 1.29 is 4.74 Å². The van der Waals surface area contributed by atoms with Crippen LogP contribution in [0.4, 0.5) is 5.69 Å². The summed E-state index contributed by atoms with van der Waals surface area (Å²) in [5.41, 5.74) is 1.42. The average Bonchev–Trinajstić information content (AvgIpc) is 2.41. The van der Waals surface area contributed by atoms with Crippen LogP contribution in [0, 0.1) is 11.3 Å². The highest BCUT2D eigenvalue weighted by molar-refractivity contribution is 6.31. The number of anilines is 1. The van der Waals surface area contributed by atoms with Gasteiger partial charge in [0, 0.05) is 18.3 Å². The number of nitriles is 1. The minimum atomic E-state index is -0.0413. The van der Waals surface area contributed by atoms with Gasteiger partial charge >= 0.3 is 0 Å². The van der Waals surface area contributed by atoms with Gasteiger partial charge in [0.05, 0.1) is 16.2 Å². The third kappa shape index (κ3) is 3.40. The van der Waals surface area contributed by atoms with Crippen molar-refractivity contribution >= 4 is 17.3 Å². The SMILES string of the molecule is CCC1(C)CC(Nc2ccc(Cl)c(C#N)c2)CCO1. The van der Waals surface area contributed by atoms with Crippen LogP contribution in [0.3, 0.4) is 0 Å². The van der Waals surface area contributed by atoms with Crippen LogP contribution >= 0.6 is 11.6 Å². The fourth-order valence-corrected chi connectivity index (χ4v) is 2.60. The Morgan fingerprint density at radius 2 is 2.37 bits per heavy atom. The van der Waals surface area contributed by atoms with Crippen LogP contribution in [-0.4, -0.2) is 18.2 Å². The van der Waals surface area contributed by atoms with Crippen molar-refractivity contribution in [2.24, 2.45) is 0 Å². The van der Waals surface area contributed by atoms with Crippen molar-refractivity contribution in [3.05, 3.63) is 28.8 Å². The van der Waals surface area contributed by atoms with Crippen LogP contribution in [0.5, 0.6) is 0 Å². The number of benzene rings is 1. The van der Waals surface area contributed by atoms with Crippen molar-refractivity contribution in [2.75, 3.05) is 11.9 Å². The maximum atomic E-state index is 8.99. The Balaban J connectivity index is 2.07. The van der Waals surface area contributed by atoms with E-state index >= 15 is 0 Å². The Hall–Kier alpha value is -1.24. The molecule has 0 spiro atoms. The summed E-state index contributed by atoms with van der Waals surface area (Å²) in [6.07, 6.45) is 2.98. The van der Waals surface area contributed by atoms with E-state index in [9.17, 15) is 0 Å². The van der Waals surface area contributed by atoms with Gasteiger partial charge in [-0.3, -0.25) is 0 Å². The first-order valence-electron chi connectivity index (χ1n) is 6.66. The molecule has 102 valence electrons. The predicted molar refractivity (Wildman–Crippen MR) is 77.5 cm³/mol. The summed E-state index contributed by atoms with van der Waals surface area (Å²) < 4.78 is 5.83. The number of nitrogens with one attached hydrogen (secondary N) is 1. The first-order valence-corrected chi connectivity index (χ1v) is 7.04. The monoisotopic (exact) mass is 278 g/mol. The number of nitrogens with zero attached hydrogens (tertiary/aromatic N) is 1. The lowest BCUT2D eigenvalue weighted by molar-refractivity contribution is -0.0708. The van der Waals surface area contributed by atoms with Crippen molar-refractivity contribution in [3.63, 3.8) is 0 Å². The number of halogens is 1. The van der Waals surface area contributed by atoms with E-state index in [-0.39, 0.29) is 5.60 Å². The van der Waals surface area contributed by atoms with Gasteiger partial charge in [0.15, 0.2) is 0 Å². The van der Waals surface area contributed by atoms with E-state index in [0.29, 0.717) is 16.6 Å². The quantitative estimate of drug-likeness (QED) is 0.910. The minimum Gasteiger partial charge on any atom is -0.382 e. The summed E-state index contributed by atoms with van der Waals surface area (Å²) in [4.78, 5) is 0. The van der Waals surface area contributed by atoms with Gasteiger partial charge < -0.3 is 10.1 Å². The van der Waals surface area contributed by atoms with Crippen molar-refractivity contribution in [3.8, 4) is 6.07 Å². The summed E-state index contributed by atoms with van der Waals surface area (Å²) in [7, 11) is 0. The van der Waals surface area contributed by atoms with Gasteiger partial charge in [-0.05, 0) is 44.4 Å². The van der Waals surface area contributed by atoms with Crippen LogP contribution in [0.15, 0.2) is 18.2 Å². The van der Waals surface area contributed by atoms with Gasteiger partial charge in [-0.25, -0.2) is 0 Å². The first kappa shape index (κ1) is 14.2. The minimum absolute atomic E-state index is 0.0413. The van der Waals surface area contributed by atoms with E-state index in [4.69, 9.17) is 21.6 Å². The second kappa shape index (κ2) is 5.81. The lowest BCUT2D eigenvalue weighted by Crippen LogP contribution is -2.41. The molecule has 2 rings (SSSR count). The molecule has 1 N–H and O–H groups in total. The molecule has 1 aromatic carbocycles. The molecular formula is C15H19ClN2O. The summed E-state index contributed by atoms with van der Waals surface area (Å²) in [6.45, 7) is 5.09. The van der Waals surface area contributed by atoms with Crippen LogP contribution in [0.25, 0.3) is 0 Å². The molecule has 1 heterocycles. The number of ether oxygens (including phenoxy) is 1. The number of hydrogen-bond acceptors (Lipinski definition) is 3. The molecule has 0 saturated carbocycles. The second-order valence-electron chi connectivity index (χ2n) is 5.29. The zero-order valence-corrected chi connectivity index (χ0v) is 12.1. The zero-order valence-electron chi connectivity index (χ0n) is 11.4. The van der Waals surface area contributed by atoms with Gasteiger partial charge in [-0.1, -0.05) is 18.5 Å². The molecule has 0 amide bonds. The molecule has 0 aliphatic carbocycles. The molecule has 4 heteroatoms. The molecule has 1 aliphatic heterocycles. The number of rotatable bonds is 3. The highest BCUT2D eigenvalue weighted by Gasteiger charge is 2.31. The van der Waals surface area contributed by atoms with Crippen molar-refractivity contribution in [1.82, 2.24) is 0 Å². The Labute approximate surface area is 119 Å². The standard InChI is InChI=1S/C15H19ClN2O/c1-3-15(2)9-13(6-7-19-15)18-12-4-5-14(16)11(8-12)10-17/h4-5,8,13,18H,3,6-7,9H2,1-2H3. The van der Waals surface area contributed by atoms with Crippen LogP contribution in [0.2, 0.25) is 5.02 Å². The van der Waals surface area contributed by atoms with Crippen LogP contribution < -0.4 is 5.32 Å². The van der Waals surface area contributed by atoms with Crippen molar-refractivity contribution in [2.45, 2.75) is 44.8 Å². The van der Waals surface area contributed by atoms with Gasteiger partial charge in [-0.2, -0.15) is 5.26 Å². The Morgan fingerprint density at radius 1 is 1.58 bits per heavy atom. The Morgan fingerprint density at radius 3 is 3.05 bits per heavy atom. The normalized spacial score (nSPS) is 26.7. The molecule has 0 aromatic heterocycles. The zero-order chi connectivity index (χ0) is 13.9. The number of hydrogen-bond donors (Lipinski definition) is 1. The Kier molecular flexibility index (Phi) is 4.34. The molecule has 1 saturated heterocycles. The molecule has 2 atom stereocenters. The highest BCUT2D eigenvalue weighted by atomic mass is 35.5. The molecule has 0 radical (unpaired) electrons. The smallest absolute Gasteiger partial charge is 0.101 e. The van der Waals surface area contributed by atoms with Gasteiger partial charge in [0.2, 0.25) is 0 Å². The van der Waals surface area contributed by atoms with Gasteiger partial charge in [0.1, 0.15) is 6.07 Å². The fourth-order valence-electron chi connectivity index (χ4n) is 2.44. The molecule has 1 aromatic rings. The first-order chi connectivity index (χ1) is 9.06. The maximum absolute atomic E-state index is 8.99. The topological polar surface area (TPSA) is 45.0 Å². The van der Waals surface area contributed by atoms with E-state index in [1.54, 1.807) is 12.1 Å². The molecular weight excluding hydrogens is 260 g/mol. The van der Waals surface area contributed by atoms with E-state index in [2.05, 4.69) is 25.2 Å². The third-order valence-electron chi connectivity index (χ3n) is 3.80. The molecule has 0 bridgehead atoms. The lowest BCUT2D eigenvalue weighted by atomic mass is 9.90. The van der Waals surface area contributed by atoms with Gasteiger partial charge in [-0.15, -0.1) is 0 Å². The fraction of sp³-hybridized carbons (Fsp3) is 0.533. The third-order valence-corrected chi connectivity index (χ3v) is 4.13. The molecule has 1 fully saturated rings. The average molecular weight is 279 g/mol. The highest BCUT2D eigenvalue weighted by Crippen LogP contribution is 2.30. The van der Waals surface area contributed by atoms with E-state index in [1.165, 1.54) is 0 Å². The molecule has 2 unspecified atom stereocenters. The molecule has 3 nitrogen and oxygen atoms in total. The maximum Gasteiger partial charge on any atom is 0.101 e. The van der Waals surface area contributed by atoms with Crippen LogP contribution in [0.1, 0.15) is 38.7 Å². The second-order valence-corrected chi connectivity index (χ2v) is 5.70. The van der Waals surface area contributed by atoms with E-state index in [0.717, 1.165) is 31.6 Å². The molecule has 1 aliphatic rings. The summed E-state index contributed by atoms with van der Waals surface area (Å²) in [5.74, 6) is 0. The summed E-state index contributed by atoms with van der Waals surface area (Å²) in [6, 6.07) is 7.97. The van der Waals surface area contributed by atoms with E-state index in [1.807, 2.05) is 6.07 Å². The lowest BCUT2D eigenvalue weighted by Gasteiger charge is -2.38. The molecule has 19 heavy (non-hydrogen) atoms.